The van der Waals surface area contributed by atoms with Gasteiger partial charge in [-0.1, -0.05) is 60.7 Å². The second-order valence-electron chi connectivity index (χ2n) is 6.71. The van der Waals surface area contributed by atoms with E-state index in [1.165, 1.54) is 13.3 Å². The lowest BCUT2D eigenvalue weighted by Crippen LogP contribution is -2.18. The van der Waals surface area contributed by atoms with Crippen LogP contribution in [0.5, 0.6) is 11.5 Å². The second kappa shape index (κ2) is 8.96. The number of aromatic amines is 1. The van der Waals surface area contributed by atoms with E-state index in [0.29, 0.717) is 17.0 Å². The fourth-order valence-electron chi connectivity index (χ4n) is 3.08. The molecule has 0 fully saturated rings. The number of aromatic nitrogens is 2. The Hall–Kier alpha value is -4.39. The van der Waals surface area contributed by atoms with E-state index in [0.717, 1.165) is 16.7 Å². The maximum absolute atomic E-state index is 12.3. The van der Waals surface area contributed by atoms with Crippen molar-refractivity contribution in [1.29, 1.82) is 0 Å². The largest absolute Gasteiger partial charge is 0.504 e. The van der Waals surface area contributed by atoms with Crippen LogP contribution in [0.15, 0.2) is 84.0 Å². The summed E-state index contributed by atoms with van der Waals surface area (Å²) in [5.74, 6) is -0.171. The van der Waals surface area contributed by atoms with E-state index in [2.05, 4.69) is 32.9 Å². The Balaban J connectivity index is 1.43. The highest BCUT2D eigenvalue weighted by Gasteiger charge is 2.11. The van der Waals surface area contributed by atoms with Gasteiger partial charge in [-0.2, -0.15) is 10.2 Å². The number of rotatable bonds is 6. The van der Waals surface area contributed by atoms with Crippen molar-refractivity contribution in [2.75, 3.05) is 7.11 Å². The molecule has 0 aliphatic rings. The van der Waals surface area contributed by atoms with E-state index in [4.69, 9.17) is 4.74 Å². The number of hydrogen-bond acceptors (Lipinski definition) is 5. The maximum Gasteiger partial charge on any atom is 0.289 e. The molecule has 0 aliphatic carbocycles. The molecule has 0 bridgehead atoms. The molecule has 4 rings (SSSR count). The topological polar surface area (TPSA) is 99.6 Å². The van der Waals surface area contributed by atoms with Crippen LogP contribution in [-0.2, 0) is 0 Å². The monoisotopic (exact) mass is 412 g/mol. The van der Waals surface area contributed by atoms with Crippen molar-refractivity contribution in [3.8, 4) is 33.9 Å². The number of hydrazone groups is 1. The third-order valence-corrected chi connectivity index (χ3v) is 4.73. The van der Waals surface area contributed by atoms with E-state index >= 15 is 0 Å². The number of amides is 1. The Morgan fingerprint density at radius 3 is 2.45 bits per heavy atom. The van der Waals surface area contributed by atoms with Gasteiger partial charge in [-0.3, -0.25) is 9.89 Å². The highest BCUT2D eigenvalue weighted by Crippen LogP contribution is 2.28. The van der Waals surface area contributed by atoms with Crippen molar-refractivity contribution in [2.24, 2.45) is 5.10 Å². The van der Waals surface area contributed by atoms with Gasteiger partial charge < -0.3 is 9.84 Å². The molecule has 1 amide bonds. The molecule has 4 aromatic rings. The first-order chi connectivity index (χ1) is 15.2. The summed E-state index contributed by atoms with van der Waals surface area (Å²) in [5.41, 5.74) is 6.89. The number of phenolic OH excluding ortho intramolecular Hbond substituents is 1. The third kappa shape index (κ3) is 4.45. The van der Waals surface area contributed by atoms with Gasteiger partial charge in [0.25, 0.3) is 5.91 Å². The molecule has 0 saturated heterocycles. The van der Waals surface area contributed by atoms with Gasteiger partial charge in [0.15, 0.2) is 11.5 Å². The second-order valence-corrected chi connectivity index (χ2v) is 6.71. The van der Waals surface area contributed by atoms with Crippen LogP contribution in [0, 0.1) is 0 Å². The molecule has 7 nitrogen and oxygen atoms in total. The SMILES string of the molecule is COc1cccc(/C=N/NC(=O)c2cc(-c3ccc(-c4ccccc4)cc3)n[nH]2)c1O. The van der Waals surface area contributed by atoms with Crippen LogP contribution in [-0.4, -0.2) is 34.5 Å². The summed E-state index contributed by atoms with van der Waals surface area (Å²) in [6.07, 6.45) is 1.34. The van der Waals surface area contributed by atoms with E-state index < -0.39 is 5.91 Å². The number of methoxy groups -OCH3 is 1. The predicted octanol–water partition coefficient (Wildman–Crippen LogP) is 4.22. The van der Waals surface area contributed by atoms with Crippen LogP contribution in [0.25, 0.3) is 22.4 Å². The van der Waals surface area contributed by atoms with Crippen molar-refractivity contribution >= 4 is 12.1 Å². The van der Waals surface area contributed by atoms with Gasteiger partial charge in [0, 0.05) is 11.1 Å². The molecule has 3 N–H and O–H groups in total. The molecule has 154 valence electrons. The van der Waals surface area contributed by atoms with E-state index in [-0.39, 0.29) is 11.4 Å². The Kier molecular flexibility index (Phi) is 5.75. The van der Waals surface area contributed by atoms with E-state index in [1.54, 1.807) is 24.3 Å². The molecule has 1 aromatic heterocycles. The summed E-state index contributed by atoms with van der Waals surface area (Å²) in [7, 11) is 1.46. The van der Waals surface area contributed by atoms with Gasteiger partial charge in [0.1, 0.15) is 5.69 Å². The highest BCUT2D eigenvalue weighted by atomic mass is 16.5. The van der Waals surface area contributed by atoms with Crippen molar-refractivity contribution < 1.29 is 14.6 Å². The number of nitrogens with one attached hydrogen (secondary N) is 2. The third-order valence-electron chi connectivity index (χ3n) is 4.73. The molecule has 0 spiro atoms. The number of aromatic hydroxyl groups is 1. The quantitative estimate of drug-likeness (QED) is 0.326. The molecular formula is C24H20N4O3. The number of H-pyrrole nitrogens is 1. The maximum atomic E-state index is 12.3. The van der Waals surface area contributed by atoms with Crippen LogP contribution in [0.3, 0.4) is 0 Å². The number of hydrogen-bond donors (Lipinski definition) is 3. The molecular weight excluding hydrogens is 392 g/mol. The zero-order chi connectivity index (χ0) is 21.6. The van der Waals surface area contributed by atoms with Gasteiger partial charge >= 0.3 is 0 Å². The number of para-hydroxylation sites is 1. The average molecular weight is 412 g/mol. The van der Waals surface area contributed by atoms with Crippen molar-refractivity contribution in [2.45, 2.75) is 0 Å². The number of carbonyl (C=O) groups is 1. The number of carbonyl (C=O) groups excluding carboxylic acids is 1. The molecule has 7 heteroatoms. The number of benzene rings is 3. The summed E-state index contributed by atoms with van der Waals surface area (Å²) >= 11 is 0. The summed E-state index contributed by atoms with van der Waals surface area (Å²) < 4.78 is 5.05. The Labute approximate surface area is 179 Å². The number of phenols is 1. The number of nitrogens with zero attached hydrogens (tertiary/aromatic N) is 2. The minimum Gasteiger partial charge on any atom is -0.504 e. The van der Waals surface area contributed by atoms with Gasteiger partial charge in [-0.05, 0) is 29.3 Å². The fraction of sp³-hybridized carbons (Fsp3) is 0.0417. The van der Waals surface area contributed by atoms with Crippen molar-refractivity contribution in [1.82, 2.24) is 15.6 Å². The molecule has 1 heterocycles. The molecule has 0 saturated carbocycles. The standard InChI is InChI=1S/C24H20N4O3/c1-31-22-9-5-8-19(23(22)29)15-25-28-24(30)21-14-20(26-27-21)18-12-10-17(11-13-18)16-6-3-2-4-7-16/h2-15,29H,1H3,(H,26,27)(H,28,30)/b25-15+. The first-order valence-corrected chi connectivity index (χ1v) is 9.56. The average Bonchev–Trinajstić information content (AvgIpc) is 3.31. The van der Waals surface area contributed by atoms with E-state index in [1.807, 2.05) is 42.5 Å². The summed E-state index contributed by atoms with van der Waals surface area (Å²) in [5, 5.41) is 20.9. The van der Waals surface area contributed by atoms with Crippen LogP contribution in [0.1, 0.15) is 16.1 Å². The summed E-state index contributed by atoms with van der Waals surface area (Å²) in [4.78, 5) is 12.3. The lowest BCUT2D eigenvalue weighted by atomic mass is 10.0. The Morgan fingerprint density at radius 1 is 1.00 bits per heavy atom. The predicted molar refractivity (Wildman–Crippen MR) is 119 cm³/mol. The van der Waals surface area contributed by atoms with Crippen LogP contribution in [0.2, 0.25) is 0 Å². The van der Waals surface area contributed by atoms with Crippen molar-refractivity contribution in [3.05, 3.63) is 90.1 Å². The molecule has 0 radical (unpaired) electrons. The molecule has 3 aromatic carbocycles. The summed E-state index contributed by atoms with van der Waals surface area (Å²) in [6.45, 7) is 0. The van der Waals surface area contributed by atoms with Crippen molar-refractivity contribution in [3.63, 3.8) is 0 Å². The minimum atomic E-state index is -0.446. The van der Waals surface area contributed by atoms with Gasteiger partial charge in [-0.15, -0.1) is 0 Å². The smallest absolute Gasteiger partial charge is 0.289 e. The molecule has 31 heavy (non-hydrogen) atoms. The highest BCUT2D eigenvalue weighted by molar-refractivity contribution is 5.94. The van der Waals surface area contributed by atoms with Gasteiger partial charge in [0.05, 0.1) is 19.0 Å². The first kappa shape index (κ1) is 19.9. The first-order valence-electron chi connectivity index (χ1n) is 9.56. The minimum absolute atomic E-state index is 0.0502. The normalized spacial score (nSPS) is 10.9. The van der Waals surface area contributed by atoms with Crippen LogP contribution < -0.4 is 10.2 Å². The van der Waals surface area contributed by atoms with Gasteiger partial charge in [-0.25, -0.2) is 5.43 Å². The lowest BCUT2D eigenvalue weighted by Gasteiger charge is -2.04. The zero-order valence-electron chi connectivity index (χ0n) is 16.7. The zero-order valence-corrected chi connectivity index (χ0v) is 16.7. The Bertz CT molecular complexity index is 1220. The van der Waals surface area contributed by atoms with Gasteiger partial charge in [0.2, 0.25) is 0 Å². The molecule has 0 atom stereocenters. The molecule has 0 unspecified atom stereocenters. The molecule has 0 aliphatic heterocycles. The number of ether oxygens (including phenoxy) is 1. The van der Waals surface area contributed by atoms with Crippen LogP contribution >= 0.6 is 0 Å². The van der Waals surface area contributed by atoms with Crippen LogP contribution in [0.4, 0.5) is 0 Å². The summed E-state index contributed by atoms with van der Waals surface area (Å²) in [6, 6.07) is 24.7. The van der Waals surface area contributed by atoms with E-state index in [9.17, 15) is 9.90 Å². The fourth-order valence-corrected chi connectivity index (χ4v) is 3.08. The lowest BCUT2D eigenvalue weighted by molar-refractivity contribution is 0.0950. The Morgan fingerprint density at radius 2 is 1.71 bits per heavy atom.